The van der Waals surface area contributed by atoms with Crippen molar-refractivity contribution in [2.75, 3.05) is 13.7 Å². The van der Waals surface area contributed by atoms with Crippen LogP contribution in [0.4, 0.5) is 4.79 Å². The number of aliphatic hydroxyl groups is 1. The Bertz CT molecular complexity index is 673. The number of benzene rings is 2. The lowest BCUT2D eigenvalue weighted by molar-refractivity contribution is 0.172. The number of hydrogen-bond acceptors (Lipinski definition) is 3. The molecule has 0 unspecified atom stereocenters. The fraction of sp³-hybridized carbons (Fsp3) is 0.316. The molecule has 0 radical (unpaired) electrons. The van der Waals surface area contributed by atoms with Crippen molar-refractivity contribution in [1.82, 2.24) is 10.6 Å². The molecule has 0 aliphatic rings. The van der Waals surface area contributed by atoms with E-state index >= 15 is 0 Å². The second-order valence-corrected chi connectivity index (χ2v) is 5.69. The van der Waals surface area contributed by atoms with Crippen molar-refractivity contribution in [3.8, 4) is 0 Å². The maximum absolute atomic E-state index is 11.9. The van der Waals surface area contributed by atoms with Gasteiger partial charge in [0.25, 0.3) is 0 Å². The SMILES string of the molecule is COCc1cccc(CNC(=O)NC[C@@H](O)c2ccccc2C)c1. The van der Waals surface area contributed by atoms with Crippen LogP contribution in [0, 0.1) is 6.92 Å². The Kier molecular flexibility index (Phi) is 6.78. The highest BCUT2D eigenvalue weighted by atomic mass is 16.5. The third kappa shape index (κ3) is 5.37. The molecule has 0 saturated heterocycles. The van der Waals surface area contributed by atoms with Crippen LogP contribution in [0.5, 0.6) is 0 Å². The van der Waals surface area contributed by atoms with Crippen molar-refractivity contribution < 1.29 is 14.6 Å². The van der Waals surface area contributed by atoms with E-state index in [2.05, 4.69) is 10.6 Å². The smallest absolute Gasteiger partial charge is 0.315 e. The van der Waals surface area contributed by atoms with Crippen LogP contribution in [0.3, 0.4) is 0 Å². The average Bonchev–Trinajstić information content (AvgIpc) is 2.59. The topological polar surface area (TPSA) is 70.6 Å². The fourth-order valence-electron chi connectivity index (χ4n) is 2.50. The number of hydrogen-bond donors (Lipinski definition) is 3. The molecule has 0 aliphatic heterocycles. The van der Waals surface area contributed by atoms with Crippen molar-refractivity contribution >= 4 is 6.03 Å². The molecule has 2 aromatic rings. The van der Waals surface area contributed by atoms with E-state index in [0.29, 0.717) is 13.2 Å². The van der Waals surface area contributed by atoms with Gasteiger partial charge in [-0.25, -0.2) is 4.79 Å². The summed E-state index contributed by atoms with van der Waals surface area (Å²) in [5.74, 6) is 0. The zero-order valence-corrected chi connectivity index (χ0v) is 14.1. The lowest BCUT2D eigenvalue weighted by Gasteiger charge is -2.15. The first kappa shape index (κ1) is 18.0. The first-order chi connectivity index (χ1) is 11.6. The van der Waals surface area contributed by atoms with Gasteiger partial charge in [-0.05, 0) is 29.2 Å². The lowest BCUT2D eigenvalue weighted by atomic mass is 10.0. The summed E-state index contributed by atoms with van der Waals surface area (Å²) in [5, 5.41) is 15.7. The molecule has 3 N–H and O–H groups in total. The number of carbonyl (C=O) groups is 1. The van der Waals surface area contributed by atoms with E-state index in [1.54, 1.807) is 7.11 Å². The largest absolute Gasteiger partial charge is 0.387 e. The van der Waals surface area contributed by atoms with Gasteiger partial charge in [-0.1, -0.05) is 48.5 Å². The third-order valence-corrected chi connectivity index (χ3v) is 3.76. The van der Waals surface area contributed by atoms with Crippen LogP contribution < -0.4 is 10.6 Å². The standard InChI is InChI=1S/C19H24N2O3/c1-14-6-3-4-9-17(14)18(22)12-21-19(23)20-11-15-7-5-8-16(10-15)13-24-2/h3-10,18,22H,11-13H2,1-2H3,(H2,20,21,23)/t18-/m1/s1. The van der Waals surface area contributed by atoms with Gasteiger partial charge in [-0.3, -0.25) is 0 Å². The van der Waals surface area contributed by atoms with Crippen LogP contribution in [0.25, 0.3) is 0 Å². The maximum atomic E-state index is 11.9. The first-order valence-electron chi connectivity index (χ1n) is 7.92. The Morgan fingerprint density at radius 1 is 1.12 bits per heavy atom. The zero-order valence-electron chi connectivity index (χ0n) is 14.1. The molecule has 0 aromatic heterocycles. The minimum atomic E-state index is -0.720. The molecule has 0 heterocycles. The quantitative estimate of drug-likeness (QED) is 0.732. The normalized spacial score (nSPS) is 11.8. The van der Waals surface area contributed by atoms with Gasteiger partial charge >= 0.3 is 6.03 Å². The molecule has 0 saturated carbocycles. The number of methoxy groups -OCH3 is 1. The molecule has 5 heteroatoms. The Morgan fingerprint density at radius 3 is 2.62 bits per heavy atom. The zero-order chi connectivity index (χ0) is 17.4. The van der Waals surface area contributed by atoms with E-state index in [1.807, 2.05) is 55.5 Å². The van der Waals surface area contributed by atoms with Crippen molar-refractivity contribution in [2.24, 2.45) is 0 Å². The Balaban J connectivity index is 1.79. The third-order valence-electron chi connectivity index (χ3n) is 3.76. The van der Waals surface area contributed by atoms with Crippen LogP contribution in [0.15, 0.2) is 48.5 Å². The van der Waals surface area contributed by atoms with Crippen molar-refractivity contribution in [3.63, 3.8) is 0 Å². The number of carbonyl (C=O) groups excluding carboxylic acids is 1. The van der Waals surface area contributed by atoms with Gasteiger partial charge in [-0.15, -0.1) is 0 Å². The average molecular weight is 328 g/mol. The van der Waals surface area contributed by atoms with Crippen LogP contribution in [-0.4, -0.2) is 24.8 Å². The summed E-state index contributed by atoms with van der Waals surface area (Å²) in [4.78, 5) is 11.9. The van der Waals surface area contributed by atoms with Crippen LogP contribution in [0.1, 0.15) is 28.4 Å². The van der Waals surface area contributed by atoms with E-state index in [9.17, 15) is 9.90 Å². The molecule has 2 amide bonds. The van der Waals surface area contributed by atoms with E-state index in [4.69, 9.17) is 4.74 Å². The van der Waals surface area contributed by atoms with E-state index in [1.165, 1.54) is 0 Å². The van der Waals surface area contributed by atoms with Crippen LogP contribution in [0.2, 0.25) is 0 Å². The monoisotopic (exact) mass is 328 g/mol. The van der Waals surface area contributed by atoms with E-state index < -0.39 is 6.10 Å². The molecule has 128 valence electrons. The first-order valence-corrected chi connectivity index (χ1v) is 7.92. The number of urea groups is 1. The van der Waals surface area contributed by atoms with Gasteiger partial charge < -0.3 is 20.5 Å². The fourth-order valence-corrected chi connectivity index (χ4v) is 2.50. The molecule has 5 nitrogen and oxygen atoms in total. The lowest BCUT2D eigenvalue weighted by Crippen LogP contribution is -2.37. The number of ether oxygens (including phenoxy) is 1. The molecule has 0 fully saturated rings. The Morgan fingerprint density at radius 2 is 1.88 bits per heavy atom. The molecular weight excluding hydrogens is 304 g/mol. The summed E-state index contributed by atoms with van der Waals surface area (Å²) in [6.45, 7) is 3.07. The summed E-state index contributed by atoms with van der Waals surface area (Å²) in [6, 6.07) is 15.1. The van der Waals surface area contributed by atoms with Gasteiger partial charge in [0.2, 0.25) is 0 Å². The van der Waals surface area contributed by atoms with Crippen LogP contribution in [-0.2, 0) is 17.9 Å². The summed E-state index contributed by atoms with van der Waals surface area (Å²) < 4.78 is 5.10. The number of aryl methyl sites for hydroxylation is 1. The summed E-state index contributed by atoms with van der Waals surface area (Å²) in [7, 11) is 1.65. The number of rotatable bonds is 7. The minimum Gasteiger partial charge on any atom is -0.387 e. The van der Waals surface area contributed by atoms with Crippen molar-refractivity contribution in [1.29, 1.82) is 0 Å². The van der Waals surface area contributed by atoms with Gasteiger partial charge in [0.1, 0.15) is 0 Å². The van der Waals surface area contributed by atoms with Crippen molar-refractivity contribution in [3.05, 3.63) is 70.8 Å². The predicted molar refractivity (Wildman–Crippen MR) is 93.5 cm³/mol. The molecule has 0 bridgehead atoms. The second kappa shape index (κ2) is 9.05. The van der Waals surface area contributed by atoms with Gasteiger partial charge in [0, 0.05) is 20.2 Å². The highest BCUT2D eigenvalue weighted by Gasteiger charge is 2.11. The molecule has 2 aromatic carbocycles. The van der Waals surface area contributed by atoms with Gasteiger partial charge in [0.05, 0.1) is 12.7 Å². The van der Waals surface area contributed by atoms with Crippen molar-refractivity contribution in [2.45, 2.75) is 26.2 Å². The van der Waals surface area contributed by atoms with E-state index in [0.717, 1.165) is 22.3 Å². The number of nitrogens with one attached hydrogen (secondary N) is 2. The molecule has 1 atom stereocenters. The summed E-state index contributed by atoms with van der Waals surface area (Å²) >= 11 is 0. The summed E-state index contributed by atoms with van der Waals surface area (Å²) in [5.41, 5.74) is 3.89. The minimum absolute atomic E-state index is 0.167. The molecule has 0 aliphatic carbocycles. The molecule has 0 spiro atoms. The Hall–Kier alpha value is -2.37. The molecule has 2 rings (SSSR count). The maximum Gasteiger partial charge on any atom is 0.315 e. The molecule has 24 heavy (non-hydrogen) atoms. The number of aliphatic hydroxyl groups excluding tert-OH is 1. The summed E-state index contributed by atoms with van der Waals surface area (Å²) in [6.07, 6.45) is -0.720. The second-order valence-electron chi connectivity index (χ2n) is 5.69. The highest BCUT2D eigenvalue weighted by Crippen LogP contribution is 2.16. The predicted octanol–water partition coefficient (Wildman–Crippen LogP) is 2.67. The molecular formula is C19H24N2O3. The Labute approximate surface area is 142 Å². The van der Waals surface area contributed by atoms with Gasteiger partial charge in [-0.2, -0.15) is 0 Å². The van der Waals surface area contributed by atoms with Gasteiger partial charge in [0.15, 0.2) is 0 Å². The number of amides is 2. The van der Waals surface area contributed by atoms with E-state index in [-0.39, 0.29) is 12.6 Å². The highest BCUT2D eigenvalue weighted by molar-refractivity contribution is 5.73. The van der Waals surface area contributed by atoms with Crippen LogP contribution >= 0.6 is 0 Å².